The van der Waals surface area contributed by atoms with Crippen molar-refractivity contribution in [2.24, 2.45) is 0 Å². The lowest BCUT2D eigenvalue weighted by molar-refractivity contribution is 0.477. The molecule has 78 valence electrons. The number of benzene rings is 1. The molecule has 0 spiro atoms. The molecule has 0 aliphatic carbocycles. The number of aromatic nitrogens is 1. The zero-order valence-electron chi connectivity index (χ0n) is 8.65. The summed E-state index contributed by atoms with van der Waals surface area (Å²) in [5, 5.41) is 1.30. The fourth-order valence-corrected chi connectivity index (χ4v) is 1.91. The fraction of sp³-hybridized carbons (Fsp3) is 0.182. The molecule has 0 saturated heterocycles. The maximum Gasteiger partial charge on any atom is 0.280 e. The molecule has 2 aromatic rings. The van der Waals surface area contributed by atoms with Gasteiger partial charge in [-0.25, -0.2) is 4.98 Å². The van der Waals surface area contributed by atoms with Gasteiger partial charge in [-0.1, -0.05) is 23.5 Å². The third-order valence-corrected chi connectivity index (χ3v) is 2.87. The smallest absolute Gasteiger partial charge is 0.280 e. The van der Waals surface area contributed by atoms with Crippen LogP contribution < -0.4 is 10.5 Å². The van der Waals surface area contributed by atoms with Crippen LogP contribution in [0.3, 0.4) is 0 Å². The van der Waals surface area contributed by atoms with E-state index in [0.717, 1.165) is 17.0 Å². The van der Waals surface area contributed by atoms with Gasteiger partial charge in [0.1, 0.15) is 10.8 Å². The first-order valence-electron chi connectivity index (χ1n) is 4.62. The Bertz CT molecular complexity index is 460. The SMILES string of the molecule is Cc1cccc(Oc2nc(C)c(N)s2)c1. The van der Waals surface area contributed by atoms with Crippen molar-refractivity contribution in [1.82, 2.24) is 4.98 Å². The van der Waals surface area contributed by atoms with Gasteiger partial charge >= 0.3 is 0 Å². The first-order valence-corrected chi connectivity index (χ1v) is 5.44. The Morgan fingerprint density at radius 1 is 1.33 bits per heavy atom. The minimum atomic E-state index is 0.593. The van der Waals surface area contributed by atoms with Crippen LogP contribution in [0, 0.1) is 13.8 Å². The van der Waals surface area contributed by atoms with Gasteiger partial charge in [0.25, 0.3) is 5.19 Å². The average Bonchev–Trinajstić information content (AvgIpc) is 2.45. The van der Waals surface area contributed by atoms with E-state index in [0.29, 0.717) is 10.2 Å². The number of aryl methyl sites for hydroxylation is 2. The van der Waals surface area contributed by atoms with Gasteiger partial charge in [-0.3, -0.25) is 0 Å². The van der Waals surface area contributed by atoms with Crippen molar-refractivity contribution in [3.8, 4) is 10.9 Å². The molecule has 4 heteroatoms. The first-order chi connectivity index (χ1) is 7.15. The predicted molar refractivity (Wildman–Crippen MR) is 62.5 cm³/mol. The molecule has 0 aliphatic heterocycles. The van der Waals surface area contributed by atoms with E-state index >= 15 is 0 Å². The summed E-state index contributed by atoms with van der Waals surface area (Å²) in [7, 11) is 0. The normalized spacial score (nSPS) is 10.3. The monoisotopic (exact) mass is 220 g/mol. The van der Waals surface area contributed by atoms with Crippen molar-refractivity contribution in [2.45, 2.75) is 13.8 Å². The van der Waals surface area contributed by atoms with Crippen LogP contribution in [0.4, 0.5) is 5.00 Å². The third kappa shape index (κ3) is 2.27. The van der Waals surface area contributed by atoms with Crippen LogP contribution in [0.1, 0.15) is 11.3 Å². The number of anilines is 1. The van der Waals surface area contributed by atoms with Crippen LogP contribution in [-0.2, 0) is 0 Å². The molecule has 1 aromatic heterocycles. The second-order valence-corrected chi connectivity index (χ2v) is 4.34. The van der Waals surface area contributed by atoms with Crippen LogP contribution in [0.5, 0.6) is 10.9 Å². The molecule has 1 heterocycles. The van der Waals surface area contributed by atoms with Gasteiger partial charge < -0.3 is 10.5 Å². The lowest BCUT2D eigenvalue weighted by Gasteiger charge is -2.01. The number of hydrogen-bond donors (Lipinski definition) is 1. The molecule has 0 fully saturated rings. The number of rotatable bonds is 2. The summed E-state index contributed by atoms with van der Waals surface area (Å²) in [6.45, 7) is 3.89. The van der Waals surface area contributed by atoms with E-state index in [1.807, 2.05) is 38.1 Å². The Morgan fingerprint density at radius 3 is 2.73 bits per heavy atom. The topological polar surface area (TPSA) is 48.1 Å². The number of ether oxygens (including phenoxy) is 1. The zero-order chi connectivity index (χ0) is 10.8. The van der Waals surface area contributed by atoms with Crippen molar-refractivity contribution < 1.29 is 4.74 Å². The molecule has 2 rings (SSSR count). The zero-order valence-corrected chi connectivity index (χ0v) is 9.47. The molecule has 0 radical (unpaired) electrons. The van der Waals surface area contributed by atoms with E-state index in [9.17, 15) is 0 Å². The fourth-order valence-electron chi connectivity index (χ4n) is 1.21. The molecule has 0 aliphatic rings. The van der Waals surface area contributed by atoms with Crippen molar-refractivity contribution >= 4 is 16.3 Å². The van der Waals surface area contributed by atoms with Gasteiger partial charge in [0.2, 0.25) is 0 Å². The molecule has 2 N–H and O–H groups in total. The molecular weight excluding hydrogens is 208 g/mol. The minimum Gasteiger partial charge on any atom is -0.431 e. The first kappa shape index (κ1) is 9.98. The summed E-state index contributed by atoms with van der Waals surface area (Å²) in [6, 6.07) is 7.84. The highest BCUT2D eigenvalue weighted by Crippen LogP contribution is 2.30. The maximum atomic E-state index is 5.70. The largest absolute Gasteiger partial charge is 0.431 e. The van der Waals surface area contributed by atoms with Crippen LogP contribution >= 0.6 is 11.3 Å². The average molecular weight is 220 g/mol. The molecule has 0 bridgehead atoms. The van der Waals surface area contributed by atoms with Crippen LogP contribution in [0.15, 0.2) is 24.3 Å². The van der Waals surface area contributed by atoms with Crippen LogP contribution in [0.25, 0.3) is 0 Å². The molecular formula is C11H12N2OS. The highest BCUT2D eigenvalue weighted by atomic mass is 32.1. The summed E-state index contributed by atoms with van der Waals surface area (Å²) in [6.07, 6.45) is 0. The summed E-state index contributed by atoms with van der Waals surface area (Å²) >= 11 is 1.36. The molecule has 0 saturated carbocycles. The van der Waals surface area contributed by atoms with Gasteiger partial charge in [-0.15, -0.1) is 0 Å². The summed E-state index contributed by atoms with van der Waals surface area (Å²) < 4.78 is 5.59. The Balaban J connectivity index is 2.22. The van der Waals surface area contributed by atoms with E-state index in [2.05, 4.69) is 4.98 Å². The van der Waals surface area contributed by atoms with Crippen molar-refractivity contribution in [2.75, 3.05) is 5.73 Å². The summed E-state index contributed by atoms with van der Waals surface area (Å²) in [5.41, 5.74) is 7.68. The number of thiazole rings is 1. The Hall–Kier alpha value is -1.55. The quantitative estimate of drug-likeness (QED) is 0.845. The standard InChI is InChI=1S/C11H12N2OS/c1-7-4-3-5-9(6-7)14-11-13-8(2)10(12)15-11/h3-6H,12H2,1-2H3. The number of hydrogen-bond acceptors (Lipinski definition) is 4. The van der Waals surface area contributed by atoms with E-state index in [-0.39, 0.29) is 0 Å². The highest BCUT2D eigenvalue weighted by molar-refractivity contribution is 7.17. The van der Waals surface area contributed by atoms with Crippen molar-refractivity contribution in [1.29, 1.82) is 0 Å². The van der Waals surface area contributed by atoms with E-state index < -0.39 is 0 Å². The Kier molecular flexibility index (Phi) is 2.60. The third-order valence-electron chi connectivity index (χ3n) is 2.01. The number of nitrogens with two attached hydrogens (primary N) is 1. The lowest BCUT2D eigenvalue weighted by Crippen LogP contribution is -1.84. The number of nitrogen functional groups attached to an aromatic ring is 1. The lowest BCUT2D eigenvalue weighted by atomic mass is 10.2. The van der Waals surface area contributed by atoms with Gasteiger partial charge in [-0.05, 0) is 31.5 Å². The highest BCUT2D eigenvalue weighted by Gasteiger charge is 2.06. The van der Waals surface area contributed by atoms with Crippen LogP contribution in [-0.4, -0.2) is 4.98 Å². The molecule has 3 nitrogen and oxygen atoms in total. The van der Waals surface area contributed by atoms with E-state index in [1.54, 1.807) is 0 Å². The molecule has 15 heavy (non-hydrogen) atoms. The van der Waals surface area contributed by atoms with Gasteiger partial charge in [0, 0.05) is 0 Å². The van der Waals surface area contributed by atoms with Gasteiger partial charge in [0.15, 0.2) is 0 Å². The minimum absolute atomic E-state index is 0.593. The van der Waals surface area contributed by atoms with Crippen molar-refractivity contribution in [3.05, 3.63) is 35.5 Å². The second kappa shape index (κ2) is 3.90. The molecule has 1 aromatic carbocycles. The van der Waals surface area contributed by atoms with E-state index in [1.165, 1.54) is 11.3 Å². The van der Waals surface area contributed by atoms with E-state index in [4.69, 9.17) is 10.5 Å². The summed E-state index contributed by atoms with van der Waals surface area (Å²) in [4.78, 5) is 4.21. The summed E-state index contributed by atoms with van der Waals surface area (Å²) in [5.74, 6) is 0.795. The van der Waals surface area contributed by atoms with Crippen molar-refractivity contribution in [3.63, 3.8) is 0 Å². The second-order valence-electron chi connectivity index (χ2n) is 3.35. The van der Waals surface area contributed by atoms with Gasteiger partial charge in [0.05, 0.1) is 5.69 Å². The molecule has 0 atom stereocenters. The number of nitrogens with zero attached hydrogens (tertiary/aromatic N) is 1. The predicted octanol–water partition coefficient (Wildman–Crippen LogP) is 3.13. The molecule has 0 amide bonds. The van der Waals surface area contributed by atoms with Gasteiger partial charge in [-0.2, -0.15) is 0 Å². The Labute approximate surface area is 92.5 Å². The Morgan fingerprint density at radius 2 is 2.13 bits per heavy atom. The molecule has 0 unspecified atom stereocenters. The van der Waals surface area contributed by atoms with Crippen LogP contribution in [0.2, 0.25) is 0 Å². The maximum absolute atomic E-state index is 5.70.